The van der Waals surface area contributed by atoms with Crippen LogP contribution in [0.2, 0.25) is 0 Å². The van der Waals surface area contributed by atoms with Crippen LogP contribution in [-0.2, 0) is 32.0 Å². The molecule has 0 N–H and O–H groups in total. The van der Waals surface area contributed by atoms with Crippen molar-refractivity contribution in [3.63, 3.8) is 0 Å². The molecule has 32 heavy (non-hydrogen) atoms. The Kier molecular flexibility index (Phi) is 6.25. The first-order valence-corrected chi connectivity index (χ1v) is 11.1. The average Bonchev–Trinajstić information content (AvgIpc) is 3.27. The van der Waals surface area contributed by atoms with Crippen LogP contribution in [0, 0.1) is 5.92 Å². The van der Waals surface area contributed by atoms with Gasteiger partial charge in [0.15, 0.2) is 6.10 Å². The van der Waals surface area contributed by atoms with E-state index in [0.717, 1.165) is 18.7 Å². The summed E-state index contributed by atoms with van der Waals surface area (Å²) in [7, 11) is 0. The van der Waals surface area contributed by atoms with E-state index in [2.05, 4.69) is 4.98 Å². The second kappa shape index (κ2) is 9.10. The molecule has 0 spiro atoms. The molecule has 1 fully saturated rings. The van der Waals surface area contributed by atoms with Crippen LogP contribution in [0.1, 0.15) is 49.3 Å². The maximum absolute atomic E-state index is 12.7. The predicted octanol–water partition coefficient (Wildman–Crippen LogP) is 1.69. The number of nitrogens with zero attached hydrogens (tertiary/aromatic N) is 3. The van der Waals surface area contributed by atoms with E-state index in [4.69, 9.17) is 9.47 Å². The van der Waals surface area contributed by atoms with Crippen LogP contribution in [0.15, 0.2) is 23.0 Å². The highest BCUT2D eigenvalue weighted by molar-refractivity contribution is 5.95. The topological polar surface area (TPSA) is 108 Å². The van der Waals surface area contributed by atoms with Crippen LogP contribution in [0.4, 0.5) is 0 Å². The smallest absolute Gasteiger partial charge is 0.338 e. The fourth-order valence-corrected chi connectivity index (χ4v) is 4.34. The van der Waals surface area contributed by atoms with Crippen molar-refractivity contribution in [1.82, 2.24) is 14.5 Å². The fraction of sp³-hybridized carbons (Fsp3) is 0.522. The summed E-state index contributed by atoms with van der Waals surface area (Å²) in [6.07, 6.45) is 1.71. The van der Waals surface area contributed by atoms with Crippen molar-refractivity contribution in [2.45, 2.75) is 52.2 Å². The first-order valence-electron chi connectivity index (χ1n) is 11.1. The van der Waals surface area contributed by atoms with Gasteiger partial charge in [-0.05, 0) is 51.3 Å². The highest BCUT2D eigenvalue weighted by Gasteiger charge is 2.31. The van der Waals surface area contributed by atoms with Crippen molar-refractivity contribution < 1.29 is 23.9 Å². The van der Waals surface area contributed by atoms with Crippen molar-refractivity contribution in [3.8, 4) is 0 Å². The van der Waals surface area contributed by atoms with E-state index >= 15 is 0 Å². The Morgan fingerprint density at radius 1 is 1.19 bits per heavy atom. The van der Waals surface area contributed by atoms with Crippen molar-refractivity contribution in [2.75, 3.05) is 19.7 Å². The fourth-order valence-electron chi connectivity index (χ4n) is 4.34. The summed E-state index contributed by atoms with van der Waals surface area (Å²) >= 11 is 0. The van der Waals surface area contributed by atoms with Crippen LogP contribution in [0.5, 0.6) is 0 Å². The van der Waals surface area contributed by atoms with Gasteiger partial charge in [-0.15, -0.1) is 0 Å². The lowest BCUT2D eigenvalue weighted by Crippen LogP contribution is -2.45. The molecule has 4 rings (SSSR count). The van der Waals surface area contributed by atoms with Crippen LogP contribution in [0.25, 0.3) is 10.9 Å². The number of aromatic nitrogens is 2. The molecule has 2 aliphatic rings. The third-order valence-electron chi connectivity index (χ3n) is 6.11. The Morgan fingerprint density at radius 3 is 2.66 bits per heavy atom. The minimum Gasteiger partial charge on any atom is -0.466 e. The first kappa shape index (κ1) is 22.0. The molecular weight excluding hydrogens is 414 g/mol. The Balaban J connectivity index is 1.40. The summed E-state index contributed by atoms with van der Waals surface area (Å²) in [6.45, 7) is 5.14. The van der Waals surface area contributed by atoms with Crippen molar-refractivity contribution in [2.24, 2.45) is 5.92 Å². The molecule has 170 valence electrons. The van der Waals surface area contributed by atoms with Crippen LogP contribution < -0.4 is 5.56 Å². The normalized spacial score (nSPS) is 17.1. The zero-order valence-corrected chi connectivity index (χ0v) is 18.3. The lowest BCUT2D eigenvalue weighted by atomic mass is 9.97. The van der Waals surface area contributed by atoms with Gasteiger partial charge in [-0.25, -0.2) is 9.78 Å². The van der Waals surface area contributed by atoms with Crippen LogP contribution in [-0.4, -0.2) is 58.1 Å². The van der Waals surface area contributed by atoms with Gasteiger partial charge in [0, 0.05) is 26.1 Å². The summed E-state index contributed by atoms with van der Waals surface area (Å²) < 4.78 is 12.1. The molecule has 0 radical (unpaired) electrons. The molecule has 2 aromatic rings. The molecule has 0 unspecified atom stereocenters. The Bertz CT molecular complexity index is 1120. The van der Waals surface area contributed by atoms with Gasteiger partial charge in [-0.3, -0.25) is 19.0 Å². The van der Waals surface area contributed by atoms with Crippen molar-refractivity contribution in [3.05, 3.63) is 39.9 Å². The zero-order valence-electron chi connectivity index (χ0n) is 18.3. The molecule has 0 bridgehead atoms. The number of amides is 1. The summed E-state index contributed by atoms with van der Waals surface area (Å²) in [5.74, 6) is -0.642. The van der Waals surface area contributed by atoms with Gasteiger partial charge in [-0.2, -0.15) is 0 Å². The summed E-state index contributed by atoms with van der Waals surface area (Å²) in [5.41, 5.74) is 0.600. The molecule has 0 aliphatic carbocycles. The molecule has 1 amide bonds. The SMILES string of the molecule is CCOC(=O)C1CCN(C(=O)[C@H](C)OC(=O)c2ccc3c(=O)n4c(nc3c2)CCC4)CC1. The number of carbonyl (C=O) groups excluding carboxylic acids is 3. The number of piperidine rings is 1. The van der Waals surface area contributed by atoms with E-state index in [1.165, 1.54) is 13.0 Å². The van der Waals surface area contributed by atoms with Gasteiger partial charge >= 0.3 is 11.9 Å². The minimum atomic E-state index is -0.962. The molecule has 9 nitrogen and oxygen atoms in total. The number of hydrogen-bond donors (Lipinski definition) is 0. The monoisotopic (exact) mass is 441 g/mol. The number of esters is 2. The van der Waals surface area contributed by atoms with Crippen molar-refractivity contribution in [1.29, 1.82) is 0 Å². The van der Waals surface area contributed by atoms with Gasteiger partial charge < -0.3 is 14.4 Å². The number of ether oxygens (including phenoxy) is 2. The van der Waals surface area contributed by atoms with E-state index in [-0.39, 0.29) is 28.9 Å². The Morgan fingerprint density at radius 2 is 1.94 bits per heavy atom. The number of benzene rings is 1. The van der Waals surface area contributed by atoms with Crippen LogP contribution >= 0.6 is 0 Å². The maximum Gasteiger partial charge on any atom is 0.338 e. The number of aryl methyl sites for hydroxylation is 1. The second-order valence-corrected chi connectivity index (χ2v) is 8.22. The van der Waals surface area contributed by atoms with Crippen molar-refractivity contribution >= 4 is 28.7 Å². The van der Waals surface area contributed by atoms with E-state index in [1.807, 2.05) is 0 Å². The van der Waals surface area contributed by atoms with E-state index in [1.54, 1.807) is 28.5 Å². The van der Waals surface area contributed by atoms with E-state index in [9.17, 15) is 19.2 Å². The first-order chi connectivity index (χ1) is 15.4. The molecule has 1 aromatic carbocycles. The van der Waals surface area contributed by atoms with Gasteiger partial charge in [0.05, 0.1) is 29.0 Å². The quantitative estimate of drug-likeness (QED) is 0.650. The number of rotatable bonds is 5. The molecule has 1 saturated heterocycles. The number of hydrogen-bond acceptors (Lipinski definition) is 7. The average molecular weight is 441 g/mol. The molecule has 9 heteroatoms. The lowest BCUT2D eigenvalue weighted by molar-refractivity contribution is -0.152. The number of fused-ring (bicyclic) bond motifs is 2. The summed E-state index contributed by atoms with van der Waals surface area (Å²) in [5, 5.41) is 0.459. The van der Waals surface area contributed by atoms with Crippen LogP contribution in [0.3, 0.4) is 0 Å². The molecule has 0 saturated carbocycles. The summed E-state index contributed by atoms with van der Waals surface area (Å²) in [6, 6.07) is 4.65. The number of carbonyl (C=O) groups is 3. The van der Waals surface area contributed by atoms with E-state index in [0.29, 0.717) is 50.0 Å². The summed E-state index contributed by atoms with van der Waals surface area (Å²) in [4.78, 5) is 56.0. The molecule has 3 heterocycles. The minimum absolute atomic E-state index is 0.0998. The largest absolute Gasteiger partial charge is 0.466 e. The number of likely N-dealkylation sites (tertiary alicyclic amines) is 1. The van der Waals surface area contributed by atoms with Gasteiger partial charge in [-0.1, -0.05) is 0 Å². The lowest BCUT2D eigenvalue weighted by Gasteiger charge is -2.32. The second-order valence-electron chi connectivity index (χ2n) is 8.22. The van der Waals surface area contributed by atoms with E-state index < -0.39 is 12.1 Å². The molecule has 1 atom stereocenters. The highest BCUT2D eigenvalue weighted by atomic mass is 16.5. The van der Waals surface area contributed by atoms with Gasteiger partial charge in [0.25, 0.3) is 11.5 Å². The third kappa shape index (κ3) is 4.24. The predicted molar refractivity (Wildman–Crippen MR) is 115 cm³/mol. The Hall–Kier alpha value is -3.23. The third-order valence-corrected chi connectivity index (χ3v) is 6.11. The standard InChI is InChI=1S/C23H27N3O6/c1-3-31-22(29)15-8-11-25(12-9-15)20(27)14(2)32-23(30)16-6-7-17-18(13-16)24-19-5-4-10-26(19)21(17)28/h6-7,13-15H,3-5,8-12H2,1-2H3/t14-/m0/s1. The van der Waals surface area contributed by atoms with Gasteiger partial charge in [0.2, 0.25) is 0 Å². The van der Waals surface area contributed by atoms with Gasteiger partial charge in [0.1, 0.15) is 5.82 Å². The highest BCUT2D eigenvalue weighted by Crippen LogP contribution is 2.21. The Labute approximate surface area is 185 Å². The molecule has 1 aromatic heterocycles. The maximum atomic E-state index is 12.7. The molecular formula is C23H27N3O6. The zero-order chi connectivity index (χ0) is 22.8. The molecule has 2 aliphatic heterocycles.